The van der Waals surface area contributed by atoms with E-state index >= 15 is 0 Å². The summed E-state index contributed by atoms with van der Waals surface area (Å²) in [6, 6.07) is 21.8. The third-order valence-electron chi connectivity index (χ3n) is 5.02. The van der Waals surface area contributed by atoms with Gasteiger partial charge in [-0.3, -0.25) is 0 Å². The highest BCUT2D eigenvalue weighted by Crippen LogP contribution is 2.43. The highest BCUT2D eigenvalue weighted by Gasteiger charge is 2.31. The first-order chi connectivity index (χ1) is 16.0. The number of fused-ring (bicyclic) bond motifs is 1. The van der Waals surface area contributed by atoms with E-state index in [1.807, 2.05) is 24.3 Å². The smallest absolute Gasteiger partial charge is 0.349 e. The summed E-state index contributed by atoms with van der Waals surface area (Å²) in [6.07, 6.45) is 0. The zero-order chi connectivity index (χ0) is 23.4. The van der Waals surface area contributed by atoms with Gasteiger partial charge >= 0.3 is 5.97 Å². The summed E-state index contributed by atoms with van der Waals surface area (Å²) >= 11 is 3.47. The zero-order valence-electron chi connectivity index (χ0n) is 17.6. The highest BCUT2D eigenvalue weighted by molar-refractivity contribution is 9.10. The van der Waals surface area contributed by atoms with Crippen molar-refractivity contribution in [1.82, 2.24) is 0 Å². The molecule has 3 aromatic rings. The molecule has 0 saturated heterocycles. The van der Waals surface area contributed by atoms with E-state index in [9.17, 15) is 10.1 Å². The minimum Gasteiger partial charge on any atom is -0.493 e. The Morgan fingerprint density at radius 1 is 1.12 bits per heavy atom. The van der Waals surface area contributed by atoms with Gasteiger partial charge in [-0.25, -0.2) is 4.79 Å². The number of hydrogen-bond donors (Lipinski definition) is 1. The molecule has 0 bridgehead atoms. The van der Waals surface area contributed by atoms with E-state index in [2.05, 4.69) is 22.0 Å². The van der Waals surface area contributed by atoms with Gasteiger partial charge in [0.25, 0.3) is 0 Å². The van der Waals surface area contributed by atoms with Crippen LogP contribution in [-0.2, 0) is 4.79 Å². The molecule has 0 spiro atoms. The van der Waals surface area contributed by atoms with E-state index in [0.717, 1.165) is 15.6 Å². The molecule has 3 aromatic carbocycles. The van der Waals surface area contributed by atoms with Gasteiger partial charge in [-0.15, -0.1) is 0 Å². The van der Waals surface area contributed by atoms with E-state index in [1.165, 1.54) is 7.11 Å². The van der Waals surface area contributed by atoms with Gasteiger partial charge in [0.05, 0.1) is 13.0 Å². The summed E-state index contributed by atoms with van der Waals surface area (Å²) < 4.78 is 22.7. The number of methoxy groups -OCH3 is 1. The van der Waals surface area contributed by atoms with Crippen LogP contribution in [0.15, 0.2) is 82.7 Å². The largest absolute Gasteiger partial charge is 0.493 e. The zero-order valence-corrected chi connectivity index (χ0v) is 19.2. The molecule has 166 valence electrons. The van der Waals surface area contributed by atoms with E-state index in [-0.39, 0.29) is 18.2 Å². The first-order valence-electron chi connectivity index (χ1n) is 9.93. The fourth-order valence-corrected chi connectivity index (χ4v) is 3.98. The lowest BCUT2D eigenvalue weighted by atomic mass is 9.83. The Morgan fingerprint density at radius 3 is 2.64 bits per heavy atom. The summed E-state index contributed by atoms with van der Waals surface area (Å²) in [6.45, 7) is -0.306. The molecule has 1 unspecified atom stereocenters. The molecule has 0 aliphatic carbocycles. The van der Waals surface area contributed by atoms with Crippen LogP contribution in [0.5, 0.6) is 23.0 Å². The first-order valence-corrected chi connectivity index (χ1v) is 10.7. The molecule has 2 N–H and O–H groups in total. The van der Waals surface area contributed by atoms with Crippen molar-refractivity contribution < 1.29 is 23.7 Å². The van der Waals surface area contributed by atoms with Gasteiger partial charge in [-0.2, -0.15) is 5.26 Å². The number of nitrogens with two attached hydrogens (primary N) is 1. The van der Waals surface area contributed by atoms with Crippen LogP contribution < -0.4 is 24.7 Å². The molecule has 1 atom stereocenters. The number of nitrogens with zero attached hydrogens (tertiary/aromatic N) is 1. The number of hydrogen-bond acceptors (Lipinski definition) is 7. The number of para-hydroxylation sites is 2. The van der Waals surface area contributed by atoms with Gasteiger partial charge in [-0.1, -0.05) is 46.3 Å². The van der Waals surface area contributed by atoms with Crippen LogP contribution in [0.3, 0.4) is 0 Å². The second kappa shape index (κ2) is 9.67. The Balaban J connectivity index is 1.54. The average Bonchev–Trinajstić information content (AvgIpc) is 2.82. The normalized spacial score (nSPS) is 14.5. The van der Waals surface area contributed by atoms with Crippen LogP contribution in [0.2, 0.25) is 0 Å². The Morgan fingerprint density at radius 2 is 1.91 bits per heavy atom. The number of allylic oxidation sites excluding steroid dienone is 1. The molecular weight excluding hydrogens is 488 g/mol. The number of carbonyl (C=O) groups is 1. The molecule has 0 saturated carbocycles. The standard InChI is InChI=1S/C25H19BrN2O5/c1-30-20-7-2-3-8-21(20)31-14-23(29)32-17-9-10-18-22(12-17)33-25(28)19(13-27)24(18)15-5-4-6-16(26)11-15/h2-12,24H,14,28H2,1H3. The van der Waals surface area contributed by atoms with Crippen LogP contribution >= 0.6 is 15.9 Å². The topological polar surface area (TPSA) is 104 Å². The molecule has 1 aliphatic rings. The Kier molecular flexibility index (Phi) is 6.52. The molecular formula is C25H19BrN2O5. The van der Waals surface area contributed by atoms with Crippen molar-refractivity contribution in [3.8, 4) is 29.1 Å². The molecule has 0 amide bonds. The van der Waals surface area contributed by atoms with Crippen molar-refractivity contribution >= 4 is 21.9 Å². The van der Waals surface area contributed by atoms with Gasteiger partial charge in [-0.05, 0) is 35.9 Å². The van der Waals surface area contributed by atoms with Crippen molar-refractivity contribution in [2.75, 3.05) is 13.7 Å². The van der Waals surface area contributed by atoms with Gasteiger partial charge in [0.2, 0.25) is 5.88 Å². The first kappa shape index (κ1) is 22.2. The number of ether oxygens (including phenoxy) is 4. The number of esters is 1. The molecule has 0 fully saturated rings. The molecule has 33 heavy (non-hydrogen) atoms. The van der Waals surface area contributed by atoms with Crippen LogP contribution in [0, 0.1) is 11.3 Å². The van der Waals surface area contributed by atoms with Gasteiger partial charge in [0.15, 0.2) is 18.1 Å². The summed E-state index contributed by atoms with van der Waals surface area (Å²) in [4.78, 5) is 12.3. The summed E-state index contributed by atoms with van der Waals surface area (Å²) in [5.74, 6) is 0.636. The fraction of sp³-hybridized carbons (Fsp3) is 0.120. The predicted molar refractivity (Wildman–Crippen MR) is 124 cm³/mol. The SMILES string of the molecule is COc1ccccc1OCC(=O)Oc1ccc2c(c1)OC(N)=C(C#N)C2c1cccc(Br)c1. The number of rotatable bonds is 6. The second-order valence-corrected chi connectivity index (χ2v) is 8.01. The minimum absolute atomic E-state index is 0.0120. The Hall–Kier alpha value is -3.96. The predicted octanol–water partition coefficient (Wildman–Crippen LogP) is 4.66. The monoisotopic (exact) mass is 506 g/mol. The molecule has 1 heterocycles. The molecule has 1 aliphatic heterocycles. The van der Waals surface area contributed by atoms with Crippen molar-refractivity contribution in [2.45, 2.75) is 5.92 Å². The maximum absolute atomic E-state index is 12.3. The van der Waals surface area contributed by atoms with Gasteiger partial charge < -0.3 is 24.7 Å². The lowest BCUT2D eigenvalue weighted by Gasteiger charge is -2.26. The van der Waals surface area contributed by atoms with Crippen LogP contribution in [0.4, 0.5) is 0 Å². The lowest BCUT2D eigenvalue weighted by molar-refractivity contribution is -0.136. The number of carbonyl (C=O) groups excluding carboxylic acids is 1. The minimum atomic E-state index is -0.596. The molecule has 4 rings (SSSR count). The molecule has 0 aromatic heterocycles. The second-order valence-electron chi connectivity index (χ2n) is 7.09. The van der Waals surface area contributed by atoms with Crippen LogP contribution in [0.25, 0.3) is 0 Å². The Bertz CT molecular complexity index is 1280. The third-order valence-corrected chi connectivity index (χ3v) is 5.51. The fourth-order valence-electron chi connectivity index (χ4n) is 3.56. The van der Waals surface area contributed by atoms with Crippen LogP contribution in [-0.4, -0.2) is 19.7 Å². The quantitative estimate of drug-likeness (QED) is 0.382. The molecule has 7 nitrogen and oxygen atoms in total. The third kappa shape index (κ3) is 4.78. The van der Waals surface area contributed by atoms with Gasteiger partial charge in [0, 0.05) is 16.1 Å². The number of nitriles is 1. The van der Waals surface area contributed by atoms with Crippen molar-refractivity contribution in [3.63, 3.8) is 0 Å². The van der Waals surface area contributed by atoms with Crippen LogP contribution in [0.1, 0.15) is 17.0 Å². The average molecular weight is 507 g/mol. The Labute approximate surface area is 199 Å². The highest BCUT2D eigenvalue weighted by atomic mass is 79.9. The summed E-state index contributed by atoms with van der Waals surface area (Å²) in [5, 5.41) is 9.68. The van der Waals surface area contributed by atoms with Crippen molar-refractivity contribution in [2.24, 2.45) is 5.73 Å². The van der Waals surface area contributed by atoms with E-state index in [4.69, 9.17) is 24.7 Å². The van der Waals surface area contributed by atoms with E-state index in [1.54, 1.807) is 42.5 Å². The summed E-state index contributed by atoms with van der Waals surface area (Å²) in [7, 11) is 1.52. The van der Waals surface area contributed by atoms with E-state index in [0.29, 0.717) is 22.8 Å². The maximum Gasteiger partial charge on any atom is 0.349 e. The van der Waals surface area contributed by atoms with Gasteiger partial charge in [0.1, 0.15) is 23.1 Å². The maximum atomic E-state index is 12.3. The van der Waals surface area contributed by atoms with E-state index < -0.39 is 11.9 Å². The number of benzene rings is 3. The van der Waals surface area contributed by atoms with Crippen molar-refractivity contribution in [1.29, 1.82) is 5.26 Å². The lowest BCUT2D eigenvalue weighted by Crippen LogP contribution is -2.21. The number of halogens is 1. The van der Waals surface area contributed by atoms with Crippen molar-refractivity contribution in [3.05, 3.63) is 93.8 Å². The molecule has 0 radical (unpaired) electrons. The molecule has 8 heteroatoms. The summed E-state index contributed by atoms with van der Waals surface area (Å²) in [5.41, 5.74) is 7.98.